The Balaban J connectivity index is 1.92. The van der Waals surface area contributed by atoms with Gasteiger partial charge in [-0.2, -0.15) is 5.26 Å². The maximum Gasteiger partial charge on any atom is 0.337 e. The number of carbonyl (C=O) groups is 2. The second kappa shape index (κ2) is 11.3. The summed E-state index contributed by atoms with van der Waals surface area (Å²) in [5.41, 5.74) is 3.69. The van der Waals surface area contributed by atoms with E-state index >= 15 is 0 Å². The number of hydrogen-bond donors (Lipinski definition) is 1. The number of anilines is 1. The number of thioether (sulfide) groups is 1. The van der Waals surface area contributed by atoms with Crippen molar-refractivity contribution in [2.24, 2.45) is 10.9 Å². The van der Waals surface area contributed by atoms with Crippen LogP contribution in [-0.2, 0) is 14.3 Å². The van der Waals surface area contributed by atoms with Crippen molar-refractivity contribution in [3.05, 3.63) is 75.4 Å². The van der Waals surface area contributed by atoms with E-state index < -0.39 is 23.4 Å². The number of benzene rings is 2. The molecule has 0 aliphatic carbocycles. The molecule has 0 saturated carbocycles. The molecule has 0 fully saturated rings. The van der Waals surface area contributed by atoms with Gasteiger partial charge in [-0.15, -0.1) is 0 Å². The van der Waals surface area contributed by atoms with Crippen molar-refractivity contribution in [3.63, 3.8) is 0 Å². The molecule has 2 atom stereocenters. The molecular formula is C28H30ClN3O3S. The van der Waals surface area contributed by atoms with Crippen LogP contribution in [-0.4, -0.2) is 28.3 Å². The predicted molar refractivity (Wildman–Crippen MR) is 146 cm³/mol. The Labute approximate surface area is 221 Å². The Bertz CT molecular complexity index is 1270. The summed E-state index contributed by atoms with van der Waals surface area (Å²) in [6.45, 7) is 11.1. The van der Waals surface area contributed by atoms with E-state index in [0.29, 0.717) is 21.3 Å². The number of aliphatic imine (C=N–C) groups is 1. The minimum atomic E-state index is -0.768. The fraction of sp³-hybridized carbons (Fsp3) is 0.357. The second-order valence-corrected chi connectivity index (χ2v) is 11.1. The maximum absolute atomic E-state index is 13.2. The summed E-state index contributed by atoms with van der Waals surface area (Å²) in [4.78, 5) is 30.6. The van der Waals surface area contributed by atoms with Gasteiger partial charge in [0.15, 0.2) is 0 Å². The Morgan fingerprint density at radius 1 is 1.14 bits per heavy atom. The summed E-state index contributed by atoms with van der Waals surface area (Å²) in [6.07, 6.45) is 0. The normalized spacial score (nSPS) is 17.8. The zero-order valence-corrected chi connectivity index (χ0v) is 22.9. The summed E-state index contributed by atoms with van der Waals surface area (Å²) in [7, 11) is 0. The van der Waals surface area contributed by atoms with E-state index in [2.05, 4.69) is 16.4 Å². The van der Waals surface area contributed by atoms with Crippen LogP contribution in [0.5, 0.6) is 0 Å². The molecule has 0 radical (unpaired) electrons. The molecule has 8 heteroatoms. The van der Waals surface area contributed by atoms with Gasteiger partial charge in [0.1, 0.15) is 11.5 Å². The van der Waals surface area contributed by atoms with E-state index in [9.17, 15) is 14.9 Å². The lowest BCUT2D eigenvalue weighted by molar-refractivity contribution is -0.150. The number of aryl methyl sites for hydroxylation is 1. The molecule has 2 aromatic carbocycles. The number of carbonyl (C=O) groups excluding carboxylic acids is 2. The Morgan fingerprint density at radius 3 is 2.42 bits per heavy atom. The molecule has 1 amide bonds. The maximum atomic E-state index is 13.2. The molecule has 1 aliphatic heterocycles. The highest BCUT2D eigenvalue weighted by molar-refractivity contribution is 8.14. The van der Waals surface area contributed by atoms with Gasteiger partial charge in [0.25, 0.3) is 0 Å². The van der Waals surface area contributed by atoms with Gasteiger partial charge in [0.2, 0.25) is 5.91 Å². The molecule has 36 heavy (non-hydrogen) atoms. The molecule has 2 aromatic rings. The predicted octanol–water partition coefficient (Wildman–Crippen LogP) is 6.58. The first kappa shape index (κ1) is 27.5. The monoisotopic (exact) mass is 523 g/mol. The molecule has 1 aliphatic rings. The molecule has 3 rings (SSSR count). The minimum Gasteiger partial charge on any atom is -0.457 e. The molecule has 0 spiro atoms. The number of nitriles is 1. The zero-order chi connectivity index (χ0) is 26.6. The number of ether oxygens (including phenoxy) is 1. The SMILES string of the molecule is CC1=C(C(=O)OC(C)(C)C)C(c2ccc(Cl)cc2)C(C#N)C(SCC(=O)Nc2cccc(C)c2C)=N1. The zero-order valence-electron chi connectivity index (χ0n) is 21.3. The number of halogens is 1. The lowest BCUT2D eigenvalue weighted by Crippen LogP contribution is -2.33. The number of rotatable bonds is 5. The van der Waals surface area contributed by atoms with Crippen LogP contribution in [0.1, 0.15) is 50.3 Å². The van der Waals surface area contributed by atoms with E-state index in [1.807, 2.05) is 32.0 Å². The van der Waals surface area contributed by atoms with Crippen LogP contribution < -0.4 is 5.32 Å². The topological polar surface area (TPSA) is 91.5 Å². The third kappa shape index (κ3) is 6.57. The third-order valence-corrected chi connectivity index (χ3v) is 7.09. The molecule has 6 nitrogen and oxygen atoms in total. The fourth-order valence-electron chi connectivity index (χ4n) is 3.93. The van der Waals surface area contributed by atoms with Gasteiger partial charge in [-0.3, -0.25) is 4.79 Å². The molecule has 2 unspecified atom stereocenters. The highest BCUT2D eigenvalue weighted by Gasteiger charge is 2.40. The van der Waals surface area contributed by atoms with Gasteiger partial charge < -0.3 is 10.1 Å². The summed E-state index contributed by atoms with van der Waals surface area (Å²) in [5.74, 6) is -2.01. The standard InChI is InChI=1S/C28H30ClN3O3S/c1-16-8-7-9-22(17(16)2)32-23(33)15-36-26-21(14-30)25(19-10-12-20(29)13-11-19)24(18(3)31-26)27(34)35-28(4,5)6/h7-13,21,25H,15H2,1-6H3,(H,32,33). The first-order valence-electron chi connectivity index (χ1n) is 11.6. The Kier molecular flexibility index (Phi) is 8.65. The number of nitrogens with zero attached hydrogens (tertiary/aromatic N) is 2. The van der Waals surface area contributed by atoms with Crippen molar-refractivity contribution >= 4 is 46.0 Å². The van der Waals surface area contributed by atoms with Crippen LogP contribution >= 0.6 is 23.4 Å². The third-order valence-electron chi connectivity index (χ3n) is 5.79. The van der Waals surface area contributed by atoms with Crippen LogP contribution in [0.3, 0.4) is 0 Å². The summed E-state index contributed by atoms with van der Waals surface area (Å²) in [5, 5.41) is 14.2. The van der Waals surface area contributed by atoms with Gasteiger partial charge in [-0.05, 0) is 76.4 Å². The van der Waals surface area contributed by atoms with Gasteiger partial charge in [-0.25, -0.2) is 9.79 Å². The molecule has 0 aromatic heterocycles. The lowest BCUT2D eigenvalue weighted by atomic mass is 9.79. The number of esters is 1. The first-order chi connectivity index (χ1) is 16.9. The Hall–Kier alpha value is -3.08. The highest BCUT2D eigenvalue weighted by Crippen LogP contribution is 2.42. The molecule has 1 heterocycles. The van der Waals surface area contributed by atoms with E-state index in [0.717, 1.165) is 22.4 Å². The number of hydrogen-bond acceptors (Lipinski definition) is 6. The molecule has 188 valence electrons. The van der Waals surface area contributed by atoms with E-state index in [1.54, 1.807) is 52.0 Å². The van der Waals surface area contributed by atoms with Gasteiger partial charge >= 0.3 is 5.97 Å². The van der Waals surface area contributed by atoms with Gasteiger partial charge in [-0.1, -0.05) is 47.6 Å². The summed E-state index contributed by atoms with van der Waals surface area (Å²) >= 11 is 7.30. The van der Waals surface area contributed by atoms with Crippen LogP contribution in [0.2, 0.25) is 5.02 Å². The molecule has 1 N–H and O–H groups in total. The quantitative estimate of drug-likeness (QED) is 0.447. The van der Waals surface area contributed by atoms with Crippen molar-refractivity contribution in [1.29, 1.82) is 5.26 Å². The van der Waals surface area contributed by atoms with Gasteiger partial charge in [0.05, 0.1) is 22.4 Å². The van der Waals surface area contributed by atoms with Crippen molar-refractivity contribution in [3.8, 4) is 6.07 Å². The van der Waals surface area contributed by atoms with Crippen LogP contribution in [0.25, 0.3) is 0 Å². The smallest absolute Gasteiger partial charge is 0.337 e. The highest BCUT2D eigenvalue weighted by atomic mass is 35.5. The number of amides is 1. The first-order valence-corrected chi connectivity index (χ1v) is 12.9. The fourth-order valence-corrected chi connectivity index (χ4v) is 4.98. The Morgan fingerprint density at radius 2 is 1.81 bits per heavy atom. The number of allylic oxidation sites excluding steroid dienone is 1. The lowest BCUT2D eigenvalue weighted by Gasteiger charge is -2.31. The largest absolute Gasteiger partial charge is 0.457 e. The summed E-state index contributed by atoms with van der Waals surface area (Å²) < 4.78 is 5.66. The summed E-state index contributed by atoms with van der Waals surface area (Å²) in [6, 6.07) is 15.1. The van der Waals surface area contributed by atoms with Crippen molar-refractivity contribution in [2.45, 2.75) is 53.1 Å². The van der Waals surface area contributed by atoms with Crippen LogP contribution in [0.15, 0.2) is 58.7 Å². The van der Waals surface area contributed by atoms with Gasteiger partial charge in [0, 0.05) is 22.3 Å². The molecular weight excluding hydrogens is 494 g/mol. The minimum absolute atomic E-state index is 0.0762. The van der Waals surface area contributed by atoms with E-state index in [4.69, 9.17) is 16.3 Å². The average molecular weight is 524 g/mol. The van der Waals surface area contributed by atoms with E-state index in [-0.39, 0.29) is 11.7 Å². The average Bonchev–Trinajstić information content (AvgIpc) is 2.79. The van der Waals surface area contributed by atoms with Crippen molar-refractivity contribution in [1.82, 2.24) is 0 Å². The van der Waals surface area contributed by atoms with Crippen molar-refractivity contribution < 1.29 is 14.3 Å². The van der Waals surface area contributed by atoms with Crippen LogP contribution in [0, 0.1) is 31.1 Å². The number of nitrogens with one attached hydrogen (secondary N) is 1. The van der Waals surface area contributed by atoms with Crippen LogP contribution in [0.4, 0.5) is 5.69 Å². The molecule has 0 bridgehead atoms. The van der Waals surface area contributed by atoms with E-state index in [1.165, 1.54) is 11.8 Å². The molecule has 0 saturated heterocycles. The second-order valence-electron chi connectivity index (χ2n) is 9.67. The van der Waals surface area contributed by atoms with Crippen molar-refractivity contribution in [2.75, 3.05) is 11.1 Å².